The van der Waals surface area contributed by atoms with Crippen LogP contribution in [0.3, 0.4) is 0 Å². The molecule has 15 heavy (non-hydrogen) atoms. The molecule has 0 bridgehead atoms. The van der Waals surface area contributed by atoms with Crippen LogP contribution in [0.25, 0.3) is 0 Å². The number of hydrogen-bond donors (Lipinski definition) is 2. The molecule has 90 valence electrons. The van der Waals surface area contributed by atoms with Crippen LogP contribution in [0, 0.1) is 5.41 Å². The van der Waals surface area contributed by atoms with Gasteiger partial charge in [0.2, 0.25) is 0 Å². The minimum atomic E-state index is -0.493. The lowest BCUT2D eigenvalue weighted by atomic mass is 9.92. The third-order valence-corrected chi connectivity index (χ3v) is 3.03. The summed E-state index contributed by atoms with van der Waals surface area (Å²) in [4.78, 5) is 2.25. The smallest absolute Gasteiger partial charge is 0.0909 e. The molecule has 1 saturated heterocycles. The number of nitrogens with zero attached hydrogens (tertiary/aromatic N) is 1. The van der Waals surface area contributed by atoms with E-state index in [1.165, 1.54) is 6.42 Å². The van der Waals surface area contributed by atoms with Gasteiger partial charge in [-0.2, -0.15) is 0 Å². The molecule has 1 aliphatic heterocycles. The zero-order valence-electron chi connectivity index (χ0n) is 10.6. The second kappa shape index (κ2) is 4.81. The molecule has 1 fully saturated rings. The lowest BCUT2D eigenvalue weighted by Crippen LogP contribution is -2.43. The maximum Gasteiger partial charge on any atom is 0.0909 e. The van der Waals surface area contributed by atoms with Crippen LogP contribution >= 0.6 is 0 Å². The summed E-state index contributed by atoms with van der Waals surface area (Å²) in [7, 11) is 2.10. The number of nitrogens with one attached hydrogen (secondary N) is 1. The van der Waals surface area contributed by atoms with Crippen molar-refractivity contribution in [2.24, 2.45) is 5.41 Å². The molecule has 2 N–H and O–H groups in total. The van der Waals surface area contributed by atoms with Gasteiger partial charge in [-0.15, -0.1) is 0 Å². The van der Waals surface area contributed by atoms with Gasteiger partial charge in [-0.05, 0) is 38.4 Å². The molecule has 1 atom stereocenters. The molecule has 3 heteroatoms. The molecule has 0 aromatic carbocycles. The predicted octanol–water partition coefficient (Wildman–Crippen LogP) is 1.08. The molecule has 1 rings (SSSR count). The third-order valence-electron chi connectivity index (χ3n) is 3.03. The minimum Gasteiger partial charge on any atom is -0.387 e. The highest BCUT2D eigenvalue weighted by Gasteiger charge is 2.32. The van der Waals surface area contributed by atoms with Crippen LogP contribution in [0.4, 0.5) is 0 Å². The lowest BCUT2D eigenvalue weighted by molar-refractivity contribution is 0.0260. The molecular weight excluding hydrogens is 188 g/mol. The largest absolute Gasteiger partial charge is 0.387 e. The second-order valence-corrected chi connectivity index (χ2v) is 6.20. The maximum atomic E-state index is 10.2. The van der Waals surface area contributed by atoms with Crippen molar-refractivity contribution in [3.63, 3.8) is 0 Å². The summed E-state index contributed by atoms with van der Waals surface area (Å²) >= 11 is 0. The van der Waals surface area contributed by atoms with Gasteiger partial charge in [0, 0.05) is 13.1 Å². The molecule has 0 radical (unpaired) electrons. The zero-order chi connectivity index (χ0) is 11.5. The van der Waals surface area contributed by atoms with Crippen LogP contribution in [-0.4, -0.2) is 48.8 Å². The Bertz CT molecular complexity index is 192. The van der Waals surface area contributed by atoms with Gasteiger partial charge in [-0.25, -0.2) is 0 Å². The lowest BCUT2D eigenvalue weighted by Gasteiger charge is -2.30. The first-order valence-corrected chi connectivity index (χ1v) is 5.92. The third kappa shape index (κ3) is 4.96. The summed E-state index contributed by atoms with van der Waals surface area (Å²) in [5.41, 5.74) is -0.114. The quantitative estimate of drug-likeness (QED) is 0.735. The molecule has 0 amide bonds. The number of β-amino-alcohol motifs (C(OH)–C–C–N with tert-alkyl or cyclic N) is 1. The van der Waals surface area contributed by atoms with Crippen molar-refractivity contribution < 1.29 is 5.11 Å². The van der Waals surface area contributed by atoms with Gasteiger partial charge in [-0.1, -0.05) is 20.8 Å². The molecule has 1 heterocycles. The molecule has 0 aromatic heterocycles. The van der Waals surface area contributed by atoms with Gasteiger partial charge >= 0.3 is 0 Å². The first-order valence-electron chi connectivity index (χ1n) is 5.92. The van der Waals surface area contributed by atoms with Crippen LogP contribution in [0.1, 0.15) is 33.6 Å². The van der Waals surface area contributed by atoms with Gasteiger partial charge < -0.3 is 15.3 Å². The molecule has 0 saturated carbocycles. The Kier molecular flexibility index (Phi) is 4.15. The first kappa shape index (κ1) is 12.9. The summed E-state index contributed by atoms with van der Waals surface area (Å²) in [6.45, 7) is 10.3. The second-order valence-electron chi connectivity index (χ2n) is 6.20. The van der Waals surface area contributed by atoms with Gasteiger partial charge in [0.25, 0.3) is 0 Å². The number of hydrogen-bond acceptors (Lipinski definition) is 3. The van der Waals surface area contributed by atoms with Crippen molar-refractivity contribution in [3.05, 3.63) is 0 Å². The Morgan fingerprint density at radius 2 is 2.07 bits per heavy atom. The first-order chi connectivity index (χ1) is 6.81. The van der Waals surface area contributed by atoms with Crippen molar-refractivity contribution in [2.75, 3.05) is 33.2 Å². The van der Waals surface area contributed by atoms with Crippen molar-refractivity contribution >= 4 is 0 Å². The normalized spacial score (nSPS) is 27.6. The highest BCUT2D eigenvalue weighted by atomic mass is 16.3. The number of likely N-dealkylation sites (N-methyl/N-ethyl adjacent to an activating group) is 1. The SMILES string of the molecule is CN(CCC(C)(C)C)CC1(O)CCNC1. The van der Waals surface area contributed by atoms with Gasteiger partial charge in [0.05, 0.1) is 5.60 Å². The van der Waals surface area contributed by atoms with Crippen LogP contribution in [0.2, 0.25) is 0 Å². The maximum absolute atomic E-state index is 10.2. The van der Waals surface area contributed by atoms with Gasteiger partial charge in [0.15, 0.2) is 0 Å². The van der Waals surface area contributed by atoms with Crippen molar-refractivity contribution in [2.45, 2.75) is 39.2 Å². The summed E-state index contributed by atoms with van der Waals surface area (Å²) in [6.07, 6.45) is 2.06. The van der Waals surface area contributed by atoms with Crippen LogP contribution < -0.4 is 5.32 Å². The van der Waals surface area contributed by atoms with Crippen molar-refractivity contribution in [3.8, 4) is 0 Å². The van der Waals surface area contributed by atoms with Gasteiger partial charge in [-0.3, -0.25) is 0 Å². The molecule has 3 nitrogen and oxygen atoms in total. The van der Waals surface area contributed by atoms with Crippen LogP contribution in [0.15, 0.2) is 0 Å². The Balaban J connectivity index is 2.26. The van der Waals surface area contributed by atoms with Crippen LogP contribution in [-0.2, 0) is 0 Å². The highest BCUT2D eigenvalue weighted by Crippen LogP contribution is 2.20. The van der Waals surface area contributed by atoms with Crippen molar-refractivity contribution in [1.29, 1.82) is 0 Å². The summed E-state index contributed by atoms with van der Waals surface area (Å²) in [5, 5.41) is 13.4. The summed E-state index contributed by atoms with van der Waals surface area (Å²) in [5.74, 6) is 0. The van der Waals surface area contributed by atoms with E-state index in [1.54, 1.807) is 0 Å². The molecule has 0 aliphatic carbocycles. The van der Waals surface area contributed by atoms with E-state index in [1.807, 2.05) is 0 Å². The van der Waals surface area contributed by atoms with E-state index >= 15 is 0 Å². The molecule has 0 aromatic rings. The highest BCUT2D eigenvalue weighted by molar-refractivity contribution is 4.90. The average Bonchev–Trinajstić information content (AvgIpc) is 2.47. The fourth-order valence-corrected chi connectivity index (χ4v) is 1.97. The Morgan fingerprint density at radius 1 is 1.40 bits per heavy atom. The molecule has 1 aliphatic rings. The standard InChI is InChI=1S/C12H26N2O/c1-11(2,3)6-8-14(4)10-12(15)5-7-13-9-12/h13,15H,5-10H2,1-4H3. The molecular formula is C12H26N2O. The predicted molar refractivity (Wildman–Crippen MR) is 64.0 cm³/mol. The summed E-state index contributed by atoms with van der Waals surface area (Å²) in [6, 6.07) is 0. The molecule has 0 spiro atoms. The fraction of sp³-hybridized carbons (Fsp3) is 1.00. The van der Waals surface area contributed by atoms with E-state index in [4.69, 9.17) is 0 Å². The van der Waals surface area contributed by atoms with E-state index in [-0.39, 0.29) is 0 Å². The average molecular weight is 214 g/mol. The Morgan fingerprint density at radius 3 is 2.53 bits per heavy atom. The number of aliphatic hydroxyl groups is 1. The molecule has 1 unspecified atom stereocenters. The Hall–Kier alpha value is -0.120. The Labute approximate surface area is 93.9 Å². The van der Waals surface area contributed by atoms with E-state index in [0.717, 1.165) is 32.6 Å². The van der Waals surface area contributed by atoms with Crippen LogP contribution in [0.5, 0.6) is 0 Å². The number of rotatable bonds is 4. The zero-order valence-corrected chi connectivity index (χ0v) is 10.6. The topological polar surface area (TPSA) is 35.5 Å². The monoisotopic (exact) mass is 214 g/mol. The van der Waals surface area contributed by atoms with E-state index in [9.17, 15) is 5.11 Å². The van der Waals surface area contributed by atoms with E-state index < -0.39 is 5.60 Å². The van der Waals surface area contributed by atoms with E-state index in [2.05, 4.69) is 38.0 Å². The fourth-order valence-electron chi connectivity index (χ4n) is 1.97. The minimum absolute atomic E-state index is 0.380. The van der Waals surface area contributed by atoms with Gasteiger partial charge in [0.1, 0.15) is 0 Å². The van der Waals surface area contributed by atoms with Crippen molar-refractivity contribution in [1.82, 2.24) is 10.2 Å². The van der Waals surface area contributed by atoms with E-state index in [0.29, 0.717) is 5.41 Å². The summed E-state index contributed by atoms with van der Waals surface area (Å²) < 4.78 is 0.